The van der Waals surface area contributed by atoms with Gasteiger partial charge in [0.15, 0.2) is 0 Å². The second-order valence-electron chi connectivity index (χ2n) is 4.53. The van der Waals surface area contributed by atoms with E-state index < -0.39 is 0 Å². The fourth-order valence-electron chi connectivity index (χ4n) is 2.78. The standard InChI is InChI=1S/C10H15Cl/c1-10(2)8-4-3-7(6-11)9(10)5-8/h6,8-9H,3-5H2,1-2H3/b7-6+/t8-,9-/m0/s1. The van der Waals surface area contributed by atoms with Crippen LogP contribution in [-0.4, -0.2) is 0 Å². The van der Waals surface area contributed by atoms with Crippen molar-refractivity contribution in [2.75, 3.05) is 0 Å². The zero-order valence-electron chi connectivity index (χ0n) is 7.23. The van der Waals surface area contributed by atoms with Crippen LogP contribution in [0.25, 0.3) is 0 Å². The molecule has 0 amide bonds. The van der Waals surface area contributed by atoms with Crippen molar-refractivity contribution >= 4 is 11.6 Å². The normalized spacial score (nSPS) is 43.7. The van der Waals surface area contributed by atoms with E-state index in [2.05, 4.69) is 13.8 Å². The molecule has 0 aromatic rings. The summed E-state index contributed by atoms with van der Waals surface area (Å²) in [5.41, 5.74) is 3.87. The average molecular weight is 171 g/mol. The largest absolute Gasteiger partial charge is 0.0930 e. The Hall–Kier alpha value is 0.0300. The molecule has 0 spiro atoms. The molecule has 2 atom stereocenters. The highest BCUT2D eigenvalue weighted by molar-refractivity contribution is 6.25. The minimum atomic E-state index is 0.555. The van der Waals surface area contributed by atoms with E-state index in [-0.39, 0.29) is 0 Å². The number of hydrogen-bond acceptors (Lipinski definition) is 0. The highest BCUT2D eigenvalue weighted by Gasteiger charge is 2.51. The lowest BCUT2D eigenvalue weighted by Gasteiger charge is -2.57. The summed E-state index contributed by atoms with van der Waals surface area (Å²) in [5, 5.41) is 0. The molecule has 0 aliphatic heterocycles. The lowest BCUT2D eigenvalue weighted by molar-refractivity contribution is -0.0275. The molecular weight excluding hydrogens is 156 g/mol. The van der Waals surface area contributed by atoms with Crippen LogP contribution in [0.2, 0.25) is 0 Å². The van der Waals surface area contributed by atoms with Crippen molar-refractivity contribution in [2.45, 2.75) is 33.1 Å². The molecule has 0 unspecified atom stereocenters. The van der Waals surface area contributed by atoms with Crippen LogP contribution in [0.15, 0.2) is 11.1 Å². The molecular formula is C10H15Cl. The van der Waals surface area contributed by atoms with Gasteiger partial charge in [-0.1, -0.05) is 31.0 Å². The monoisotopic (exact) mass is 170 g/mol. The van der Waals surface area contributed by atoms with Crippen LogP contribution in [0, 0.1) is 17.3 Å². The summed E-state index contributed by atoms with van der Waals surface area (Å²) in [6.07, 6.45) is 4.01. The summed E-state index contributed by atoms with van der Waals surface area (Å²) >= 11 is 5.77. The molecule has 0 heterocycles. The Balaban J connectivity index is 2.23. The van der Waals surface area contributed by atoms with Crippen molar-refractivity contribution in [3.8, 4) is 0 Å². The molecule has 1 heteroatoms. The topological polar surface area (TPSA) is 0 Å². The quantitative estimate of drug-likeness (QED) is 0.522. The molecule has 62 valence electrons. The molecule has 0 nitrogen and oxygen atoms in total. The van der Waals surface area contributed by atoms with E-state index in [1.54, 1.807) is 0 Å². The second kappa shape index (κ2) is 2.26. The summed E-state index contributed by atoms with van der Waals surface area (Å²) in [6.45, 7) is 4.76. The number of allylic oxidation sites excluding steroid dienone is 1. The van der Waals surface area contributed by atoms with Crippen LogP contribution in [0.5, 0.6) is 0 Å². The van der Waals surface area contributed by atoms with Crippen LogP contribution >= 0.6 is 11.6 Å². The van der Waals surface area contributed by atoms with Crippen LogP contribution in [-0.2, 0) is 0 Å². The number of halogens is 1. The van der Waals surface area contributed by atoms with Crippen molar-refractivity contribution in [1.29, 1.82) is 0 Å². The first-order valence-corrected chi connectivity index (χ1v) is 4.89. The zero-order valence-corrected chi connectivity index (χ0v) is 7.99. The lowest BCUT2D eigenvalue weighted by atomic mass is 9.47. The molecule has 3 rings (SSSR count). The van der Waals surface area contributed by atoms with Gasteiger partial charge in [0.25, 0.3) is 0 Å². The van der Waals surface area contributed by atoms with Crippen LogP contribution in [0.1, 0.15) is 33.1 Å². The maximum Gasteiger partial charge on any atom is 0.00374 e. The van der Waals surface area contributed by atoms with Gasteiger partial charge in [-0.2, -0.15) is 0 Å². The fourth-order valence-corrected chi connectivity index (χ4v) is 3.04. The Morgan fingerprint density at radius 3 is 2.64 bits per heavy atom. The summed E-state index contributed by atoms with van der Waals surface area (Å²) < 4.78 is 0. The van der Waals surface area contributed by atoms with E-state index in [9.17, 15) is 0 Å². The molecule has 0 aromatic heterocycles. The van der Waals surface area contributed by atoms with Gasteiger partial charge in [0.05, 0.1) is 0 Å². The van der Waals surface area contributed by atoms with Crippen molar-refractivity contribution in [3.63, 3.8) is 0 Å². The van der Waals surface area contributed by atoms with E-state index in [1.165, 1.54) is 24.8 Å². The highest BCUT2D eigenvalue weighted by atomic mass is 35.5. The Morgan fingerprint density at radius 1 is 1.55 bits per heavy atom. The van der Waals surface area contributed by atoms with E-state index in [4.69, 9.17) is 11.6 Å². The highest BCUT2D eigenvalue weighted by Crippen LogP contribution is 2.61. The SMILES string of the molecule is CC1(C)[C@H]2CC/C(=C\Cl)[C@@H]1C2. The first-order chi connectivity index (χ1) is 5.16. The third kappa shape index (κ3) is 0.885. The van der Waals surface area contributed by atoms with Gasteiger partial charge < -0.3 is 0 Å². The van der Waals surface area contributed by atoms with Gasteiger partial charge in [-0.15, -0.1) is 0 Å². The fraction of sp³-hybridized carbons (Fsp3) is 0.800. The second-order valence-corrected chi connectivity index (χ2v) is 4.75. The Kier molecular flexibility index (Phi) is 1.57. The van der Waals surface area contributed by atoms with Gasteiger partial charge in [0.2, 0.25) is 0 Å². The maximum atomic E-state index is 5.77. The van der Waals surface area contributed by atoms with Crippen molar-refractivity contribution in [3.05, 3.63) is 11.1 Å². The van der Waals surface area contributed by atoms with Gasteiger partial charge in [-0.3, -0.25) is 0 Å². The predicted molar refractivity (Wildman–Crippen MR) is 48.5 cm³/mol. The van der Waals surface area contributed by atoms with Crippen LogP contribution in [0.3, 0.4) is 0 Å². The molecule has 2 bridgehead atoms. The first kappa shape index (κ1) is 7.67. The molecule has 0 aromatic carbocycles. The number of rotatable bonds is 0. The van der Waals surface area contributed by atoms with E-state index in [1.807, 2.05) is 5.54 Å². The molecule has 3 aliphatic carbocycles. The third-order valence-electron chi connectivity index (χ3n) is 3.84. The molecule has 3 fully saturated rings. The Labute approximate surface area is 73.6 Å². The van der Waals surface area contributed by atoms with Gasteiger partial charge in [-0.05, 0) is 36.5 Å². The van der Waals surface area contributed by atoms with Crippen molar-refractivity contribution < 1.29 is 0 Å². The minimum Gasteiger partial charge on any atom is -0.0930 e. The maximum absolute atomic E-state index is 5.77. The van der Waals surface area contributed by atoms with Crippen LogP contribution < -0.4 is 0 Å². The number of fused-ring (bicyclic) bond motifs is 2. The smallest absolute Gasteiger partial charge is 0.00374 e. The summed E-state index contributed by atoms with van der Waals surface area (Å²) in [7, 11) is 0. The van der Waals surface area contributed by atoms with Crippen LogP contribution in [0.4, 0.5) is 0 Å². The number of hydrogen-bond donors (Lipinski definition) is 0. The van der Waals surface area contributed by atoms with E-state index in [0.29, 0.717) is 5.41 Å². The minimum absolute atomic E-state index is 0.555. The molecule has 0 radical (unpaired) electrons. The Morgan fingerprint density at radius 2 is 2.27 bits per heavy atom. The van der Waals surface area contributed by atoms with Gasteiger partial charge in [0.1, 0.15) is 0 Å². The predicted octanol–water partition coefficient (Wildman–Crippen LogP) is 3.57. The van der Waals surface area contributed by atoms with Crippen molar-refractivity contribution in [2.24, 2.45) is 17.3 Å². The van der Waals surface area contributed by atoms with Gasteiger partial charge >= 0.3 is 0 Å². The van der Waals surface area contributed by atoms with Gasteiger partial charge in [-0.25, -0.2) is 0 Å². The molecule has 3 aliphatic rings. The van der Waals surface area contributed by atoms with E-state index >= 15 is 0 Å². The van der Waals surface area contributed by atoms with Crippen molar-refractivity contribution in [1.82, 2.24) is 0 Å². The first-order valence-electron chi connectivity index (χ1n) is 4.45. The summed E-state index contributed by atoms with van der Waals surface area (Å²) in [5.74, 6) is 1.78. The summed E-state index contributed by atoms with van der Waals surface area (Å²) in [4.78, 5) is 0. The molecule has 0 saturated heterocycles. The molecule has 11 heavy (non-hydrogen) atoms. The average Bonchev–Trinajstić information content (AvgIpc) is 2.04. The third-order valence-corrected chi connectivity index (χ3v) is 4.12. The summed E-state index contributed by atoms with van der Waals surface area (Å²) in [6, 6.07) is 0. The lowest BCUT2D eigenvalue weighted by Crippen LogP contribution is -2.48. The Bertz CT molecular complexity index is 201. The molecule has 0 N–H and O–H groups in total. The molecule has 3 saturated carbocycles. The zero-order chi connectivity index (χ0) is 8.06. The van der Waals surface area contributed by atoms with Gasteiger partial charge in [0, 0.05) is 5.54 Å². The van der Waals surface area contributed by atoms with E-state index in [0.717, 1.165) is 11.8 Å².